The van der Waals surface area contributed by atoms with E-state index in [2.05, 4.69) is 31.0 Å². The van der Waals surface area contributed by atoms with Crippen LogP contribution in [0.15, 0.2) is 0 Å². The third-order valence-electron chi connectivity index (χ3n) is 4.51. The second-order valence-electron chi connectivity index (χ2n) is 6.36. The Morgan fingerprint density at radius 3 is 2.44 bits per heavy atom. The van der Waals surface area contributed by atoms with Gasteiger partial charge in [-0.1, -0.05) is 13.3 Å². The molecule has 1 saturated carbocycles. The number of rotatable bonds is 2. The van der Waals surface area contributed by atoms with Crippen molar-refractivity contribution in [1.29, 1.82) is 0 Å². The van der Waals surface area contributed by atoms with Crippen molar-refractivity contribution in [1.82, 2.24) is 10.2 Å². The van der Waals surface area contributed by atoms with Gasteiger partial charge in [0.2, 0.25) is 0 Å². The number of nitrogens with one attached hydrogen (secondary N) is 1. The summed E-state index contributed by atoms with van der Waals surface area (Å²) in [5.74, 6) is 1.02. The van der Waals surface area contributed by atoms with Crippen LogP contribution < -0.4 is 5.32 Å². The quantitative estimate of drug-likeness (QED) is 0.776. The van der Waals surface area contributed by atoms with Gasteiger partial charge in [0.15, 0.2) is 0 Å². The molecule has 2 aliphatic rings. The molecule has 0 amide bonds. The summed E-state index contributed by atoms with van der Waals surface area (Å²) in [5.41, 5.74) is 0.319. The Hall–Kier alpha value is -0.0800. The van der Waals surface area contributed by atoms with Crippen LogP contribution in [0.3, 0.4) is 0 Å². The zero-order chi connectivity index (χ0) is 11.6. The summed E-state index contributed by atoms with van der Waals surface area (Å²) in [6.45, 7) is 10.7. The molecule has 2 fully saturated rings. The van der Waals surface area contributed by atoms with E-state index in [0.717, 1.165) is 12.0 Å². The average Bonchev–Trinajstić information content (AvgIpc) is 2.28. The highest BCUT2D eigenvalue weighted by atomic mass is 15.2. The smallest absolute Gasteiger partial charge is 0.0252 e. The van der Waals surface area contributed by atoms with Crippen molar-refractivity contribution in [2.75, 3.05) is 19.6 Å². The minimum Gasteiger partial charge on any atom is -0.309 e. The summed E-state index contributed by atoms with van der Waals surface area (Å²) in [7, 11) is 0. The molecule has 16 heavy (non-hydrogen) atoms. The Balaban J connectivity index is 1.84. The van der Waals surface area contributed by atoms with E-state index >= 15 is 0 Å². The third kappa shape index (κ3) is 2.98. The standard InChI is InChI=1S/C14H28N2/c1-4-12-5-7-13(8-6-12)16-10-9-15-14(2,3)11-16/h12-13,15H,4-11H2,1-3H3. The van der Waals surface area contributed by atoms with Gasteiger partial charge >= 0.3 is 0 Å². The van der Waals surface area contributed by atoms with Gasteiger partial charge in [-0.2, -0.15) is 0 Å². The molecular formula is C14H28N2. The lowest BCUT2D eigenvalue weighted by Crippen LogP contribution is -2.59. The molecule has 2 nitrogen and oxygen atoms in total. The van der Waals surface area contributed by atoms with E-state index in [4.69, 9.17) is 0 Å². The number of piperazine rings is 1. The molecule has 1 saturated heterocycles. The van der Waals surface area contributed by atoms with Gasteiger partial charge in [0.1, 0.15) is 0 Å². The van der Waals surface area contributed by atoms with Crippen molar-refractivity contribution in [2.45, 2.75) is 64.5 Å². The molecule has 0 radical (unpaired) electrons. The Labute approximate surface area is 101 Å². The summed E-state index contributed by atoms with van der Waals surface area (Å²) in [6.07, 6.45) is 7.19. The van der Waals surface area contributed by atoms with E-state index in [-0.39, 0.29) is 0 Å². The van der Waals surface area contributed by atoms with Gasteiger partial charge in [0.25, 0.3) is 0 Å². The first-order valence-corrected chi connectivity index (χ1v) is 7.10. The van der Waals surface area contributed by atoms with Crippen LogP contribution in [0.4, 0.5) is 0 Å². The molecule has 1 N–H and O–H groups in total. The van der Waals surface area contributed by atoms with Gasteiger partial charge in [0.05, 0.1) is 0 Å². The highest BCUT2D eigenvalue weighted by Crippen LogP contribution is 2.30. The molecule has 1 aliphatic heterocycles. The van der Waals surface area contributed by atoms with Gasteiger partial charge in [0, 0.05) is 31.2 Å². The van der Waals surface area contributed by atoms with Crippen LogP contribution in [0, 0.1) is 5.92 Å². The zero-order valence-corrected chi connectivity index (χ0v) is 11.3. The van der Waals surface area contributed by atoms with Crippen LogP contribution in [0.1, 0.15) is 52.9 Å². The lowest BCUT2D eigenvalue weighted by atomic mass is 9.83. The number of hydrogen-bond donors (Lipinski definition) is 1. The molecule has 0 atom stereocenters. The Morgan fingerprint density at radius 1 is 1.19 bits per heavy atom. The van der Waals surface area contributed by atoms with Gasteiger partial charge in [-0.05, 0) is 45.4 Å². The van der Waals surface area contributed by atoms with Crippen LogP contribution >= 0.6 is 0 Å². The number of nitrogens with zero attached hydrogens (tertiary/aromatic N) is 1. The van der Waals surface area contributed by atoms with E-state index in [1.54, 1.807) is 0 Å². The molecule has 0 aromatic heterocycles. The minimum atomic E-state index is 0.319. The molecule has 0 aromatic carbocycles. The van der Waals surface area contributed by atoms with Crippen LogP contribution in [0.2, 0.25) is 0 Å². The normalized spacial score (nSPS) is 36.2. The predicted molar refractivity (Wildman–Crippen MR) is 69.7 cm³/mol. The van der Waals surface area contributed by atoms with Crippen molar-refractivity contribution in [3.8, 4) is 0 Å². The van der Waals surface area contributed by atoms with Gasteiger partial charge < -0.3 is 5.32 Å². The van der Waals surface area contributed by atoms with E-state index in [1.165, 1.54) is 51.7 Å². The molecule has 1 heterocycles. The van der Waals surface area contributed by atoms with Crippen molar-refractivity contribution >= 4 is 0 Å². The molecule has 2 rings (SSSR count). The summed E-state index contributed by atoms with van der Waals surface area (Å²) in [4.78, 5) is 2.74. The summed E-state index contributed by atoms with van der Waals surface area (Å²) >= 11 is 0. The molecular weight excluding hydrogens is 196 g/mol. The first-order valence-electron chi connectivity index (χ1n) is 7.10. The summed E-state index contributed by atoms with van der Waals surface area (Å²) in [5, 5.41) is 3.61. The largest absolute Gasteiger partial charge is 0.309 e. The Morgan fingerprint density at radius 2 is 1.88 bits per heavy atom. The average molecular weight is 224 g/mol. The maximum absolute atomic E-state index is 3.61. The summed E-state index contributed by atoms with van der Waals surface area (Å²) in [6, 6.07) is 0.879. The minimum absolute atomic E-state index is 0.319. The molecule has 1 aliphatic carbocycles. The molecule has 94 valence electrons. The Bertz CT molecular complexity index is 217. The molecule has 0 bridgehead atoms. The second kappa shape index (κ2) is 5.05. The van der Waals surface area contributed by atoms with Gasteiger partial charge in [-0.25, -0.2) is 0 Å². The zero-order valence-electron chi connectivity index (χ0n) is 11.3. The van der Waals surface area contributed by atoms with E-state index in [1.807, 2.05) is 0 Å². The van der Waals surface area contributed by atoms with E-state index in [9.17, 15) is 0 Å². The summed E-state index contributed by atoms with van der Waals surface area (Å²) < 4.78 is 0. The van der Waals surface area contributed by atoms with Gasteiger partial charge in [-0.3, -0.25) is 4.90 Å². The van der Waals surface area contributed by atoms with Crippen molar-refractivity contribution in [3.63, 3.8) is 0 Å². The third-order valence-corrected chi connectivity index (χ3v) is 4.51. The fourth-order valence-electron chi connectivity index (χ4n) is 3.41. The lowest BCUT2D eigenvalue weighted by Gasteiger charge is -2.45. The highest BCUT2D eigenvalue weighted by molar-refractivity contribution is 4.90. The van der Waals surface area contributed by atoms with Gasteiger partial charge in [-0.15, -0.1) is 0 Å². The van der Waals surface area contributed by atoms with E-state index < -0.39 is 0 Å². The fraction of sp³-hybridized carbons (Fsp3) is 1.00. The monoisotopic (exact) mass is 224 g/mol. The predicted octanol–water partition coefficient (Wildman–Crippen LogP) is 2.64. The first kappa shape index (κ1) is 12.4. The van der Waals surface area contributed by atoms with E-state index in [0.29, 0.717) is 5.54 Å². The number of hydrogen-bond acceptors (Lipinski definition) is 2. The fourth-order valence-corrected chi connectivity index (χ4v) is 3.41. The maximum Gasteiger partial charge on any atom is 0.0252 e. The van der Waals surface area contributed by atoms with Crippen molar-refractivity contribution in [3.05, 3.63) is 0 Å². The van der Waals surface area contributed by atoms with Crippen LogP contribution in [-0.4, -0.2) is 36.1 Å². The Kier molecular flexibility index (Phi) is 3.91. The molecule has 0 unspecified atom stereocenters. The van der Waals surface area contributed by atoms with Crippen LogP contribution in [-0.2, 0) is 0 Å². The molecule has 0 aromatic rings. The maximum atomic E-state index is 3.61. The van der Waals surface area contributed by atoms with Crippen LogP contribution in [0.5, 0.6) is 0 Å². The van der Waals surface area contributed by atoms with Crippen molar-refractivity contribution in [2.24, 2.45) is 5.92 Å². The topological polar surface area (TPSA) is 15.3 Å². The van der Waals surface area contributed by atoms with Crippen molar-refractivity contribution < 1.29 is 0 Å². The lowest BCUT2D eigenvalue weighted by molar-refractivity contribution is 0.0773. The molecule has 2 heteroatoms. The second-order valence-corrected chi connectivity index (χ2v) is 6.36. The molecule has 0 spiro atoms. The first-order chi connectivity index (χ1) is 7.61. The van der Waals surface area contributed by atoms with Crippen LogP contribution in [0.25, 0.3) is 0 Å². The SMILES string of the molecule is CCC1CCC(N2CCNC(C)(C)C2)CC1. The highest BCUT2D eigenvalue weighted by Gasteiger charge is 2.31.